The molecule has 1 aromatic rings. The highest BCUT2D eigenvalue weighted by Gasteiger charge is 2.26. The van der Waals surface area contributed by atoms with Crippen molar-refractivity contribution in [2.75, 3.05) is 13.7 Å². The maximum atomic E-state index is 5.49. The van der Waals surface area contributed by atoms with Gasteiger partial charge in [-0.05, 0) is 50.7 Å². The number of hydrogen-bond donors (Lipinski definition) is 1. The van der Waals surface area contributed by atoms with Crippen molar-refractivity contribution in [2.24, 2.45) is 5.41 Å². The van der Waals surface area contributed by atoms with Crippen LogP contribution in [0.1, 0.15) is 53.0 Å². The van der Waals surface area contributed by atoms with Crippen molar-refractivity contribution in [1.82, 2.24) is 5.32 Å². The molecule has 0 saturated heterocycles. The van der Waals surface area contributed by atoms with Crippen LogP contribution in [0.15, 0.2) is 24.3 Å². The molecular formula is C18H31NO. The van der Waals surface area contributed by atoms with E-state index in [1.807, 2.05) is 6.07 Å². The molecule has 0 fully saturated rings. The summed E-state index contributed by atoms with van der Waals surface area (Å²) in [5, 5.41) is 3.66. The smallest absolute Gasteiger partial charge is 0.122 e. The molecule has 0 aliphatic rings. The van der Waals surface area contributed by atoms with E-state index in [4.69, 9.17) is 4.74 Å². The van der Waals surface area contributed by atoms with Crippen LogP contribution in [-0.2, 0) is 6.42 Å². The van der Waals surface area contributed by atoms with Gasteiger partial charge in [-0.3, -0.25) is 0 Å². The molecule has 2 heteroatoms. The van der Waals surface area contributed by atoms with Gasteiger partial charge in [0.15, 0.2) is 0 Å². The Morgan fingerprint density at radius 2 is 1.75 bits per heavy atom. The highest BCUT2D eigenvalue weighted by molar-refractivity contribution is 5.34. The molecule has 0 aliphatic carbocycles. The van der Waals surface area contributed by atoms with Gasteiger partial charge in [0, 0.05) is 12.1 Å². The van der Waals surface area contributed by atoms with E-state index < -0.39 is 0 Å². The van der Waals surface area contributed by atoms with Crippen molar-refractivity contribution in [3.63, 3.8) is 0 Å². The molecule has 1 atom stereocenters. The topological polar surface area (TPSA) is 21.3 Å². The second-order valence-electron chi connectivity index (χ2n) is 7.15. The zero-order valence-corrected chi connectivity index (χ0v) is 14.0. The molecule has 0 amide bonds. The van der Waals surface area contributed by atoms with Gasteiger partial charge in [0.25, 0.3) is 0 Å². The second-order valence-corrected chi connectivity index (χ2v) is 7.15. The third-order valence-corrected chi connectivity index (χ3v) is 3.71. The van der Waals surface area contributed by atoms with Gasteiger partial charge in [-0.25, -0.2) is 0 Å². The van der Waals surface area contributed by atoms with E-state index in [1.165, 1.54) is 18.4 Å². The average molecular weight is 277 g/mol. The van der Waals surface area contributed by atoms with Gasteiger partial charge in [0.05, 0.1) is 7.11 Å². The van der Waals surface area contributed by atoms with E-state index in [2.05, 4.69) is 58.1 Å². The Hall–Kier alpha value is -1.02. The molecule has 0 heterocycles. The monoisotopic (exact) mass is 277 g/mol. The Balaban J connectivity index is 2.84. The first-order valence-corrected chi connectivity index (χ1v) is 7.66. The van der Waals surface area contributed by atoms with Crippen LogP contribution in [0.3, 0.4) is 0 Å². The zero-order chi connectivity index (χ0) is 15.2. The normalized spacial score (nSPS) is 14.9. The fourth-order valence-corrected chi connectivity index (χ4v) is 2.63. The zero-order valence-electron chi connectivity index (χ0n) is 14.0. The van der Waals surface area contributed by atoms with E-state index in [9.17, 15) is 0 Å². The highest BCUT2D eigenvalue weighted by Crippen LogP contribution is 2.32. The number of methoxy groups -OCH3 is 1. The van der Waals surface area contributed by atoms with Crippen LogP contribution in [0.4, 0.5) is 0 Å². The third kappa shape index (κ3) is 5.54. The van der Waals surface area contributed by atoms with Gasteiger partial charge in [0.2, 0.25) is 0 Å². The standard InChI is InChI=1S/C18H31NO/c1-7-12-18(5,14-19-17(2,3)4)13-15-10-8-9-11-16(15)20-6/h8-11,19H,7,12-14H2,1-6H3. The van der Waals surface area contributed by atoms with Gasteiger partial charge in [-0.15, -0.1) is 0 Å². The molecule has 1 unspecified atom stereocenters. The minimum absolute atomic E-state index is 0.162. The molecule has 114 valence electrons. The third-order valence-electron chi connectivity index (χ3n) is 3.71. The van der Waals surface area contributed by atoms with E-state index in [0.717, 1.165) is 18.7 Å². The Labute approximate surface area is 124 Å². The summed E-state index contributed by atoms with van der Waals surface area (Å²) in [5.74, 6) is 1.01. The van der Waals surface area contributed by atoms with Crippen LogP contribution in [0.25, 0.3) is 0 Å². The van der Waals surface area contributed by atoms with E-state index >= 15 is 0 Å². The van der Waals surface area contributed by atoms with Crippen molar-refractivity contribution in [1.29, 1.82) is 0 Å². The maximum Gasteiger partial charge on any atom is 0.122 e. The first-order chi connectivity index (χ1) is 9.29. The summed E-state index contributed by atoms with van der Waals surface area (Å²) < 4.78 is 5.49. The largest absolute Gasteiger partial charge is 0.496 e. The van der Waals surface area contributed by atoms with Crippen LogP contribution < -0.4 is 10.1 Å². The Bertz CT molecular complexity index is 408. The van der Waals surface area contributed by atoms with Crippen LogP contribution in [0, 0.1) is 5.41 Å². The van der Waals surface area contributed by atoms with Crippen LogP contribution in [0.5, 0.6) is 5.75 Å². The predicted octanol–water partition coefficient (Wildman–Crippen LogP) is 4.43. The minimum Gasteiger partial charge on any atom is -0.496 e. The number of rotatable bonds is 7. The van der Waals surface area contributed by atoms with Crippen LogP contribution in [0.2, 0.25) is 0 Å². The van der Waals surface area contributed by atoms with Gasteiger partial charge in [-0.1, -0.05) is 38.5 Å². The second kappa shape index (κ2) is 7.12. The maximum absolute atomic E-state index is 5.49. The summed E-state index contributed by atoms with van der Waals surface area (Å²) in [7, 11) is 1.75. The highest BCUT2D eigenvalue weighted by atomic mass is 16.5. The molecule has 0 aliphatic heterocycles. The lowest BCUT2D eigenvalue weighted by Gasteiger charge is -2.34. The van der Waals surface area contributed by atoms with Crippen molar-refractivity contribution >= 4 is 0 Å². The molecule has 0 radical (unpaired) electrons. The first-order valence-electron chi connectivity index (χ1n) is 7.66. The lowest BCUT2D eigenvalue weighted by Crippen LogP contribution is -2.43. The summed E-state index contributed by atoms with van der Waals surface area (Å²) in [4.78, 5) is 0. The summed E-state index contributed by atoms with van der Waals surface area (Å²) in [6.07, 6.45) is 3.47. The van der Waals surface area contributed by atoms with Crippen LogP contribution in [-0.4, -0.2) is 19.2 Å². The predicted molar refractivity (Wildman–Crippen MR) is 87.5 cm³/mol. The fourth-order valence-electron chi connectivity index (χ4n) is 2.63. The Kier molecular flexibility index (Phi) is 6.07. The number of ether oxygens (including phenoxy) is 1. The lowest BCUT2D eigenvalue weighted by molar-refractivity contribution is 0.241. The van der Waals surface area contributed by atoms with Crippen molar-refractivity contribution in [3.8, 4) is 5.75 Å². The van der Waals surface area contributed by atoms with Crippen molar-refractivity contribution < 1.29 is 4.74 Å². The molecule has 1 N–H and O–H groups in total. The summed E-state index contributed by atoms with van der Waals surface area (Å²) in [6, 6.07) is 8.37. The lowest BCUT2D eigenvalue weighted by atomic mass is 9.79. The molecule has 20 heavy (non-hydrogen) atoms. The number of benzene rings is 1. The first kappa shape index (κ1) is 17.0. The average Bonchev–Trinajstić information content (AvgIpc) is 2.37. The minimum atomic E-state index is 0.162. The quantitative estimate of drug-likeness (QED) is 0.796. The van der Waals surface area contributed by atoms with Crippen molar-refractivity contribution in [3.05, 3.63) is 29.8 Å². The Morgan fingerprint density at radius 3 is 2.30 bits per heavy atom. The molecule has 0 spiro atoms. The molecule has 1 aromatic carbocycles. The number of nitrogens with one attached hydrogen (secondary N) is 1. The van der Waals surface area contributed by atoms with Gasteiger partial charge in [-0.2, -0.15) is 0 Å². The summed E-state index contributed by atoms with van der Waals surface area (Å²) in [5.41, 5.74) is 1.73. The fraction of sp³-hybridized carbons (Fsp3) is 0.667. The van der Waals surface area contributed by atoms with Gasteiger partial charge >= 0.3 is 0 Å². The number of hydrogen-bond acceptors (Lipinski definition) is 2. The summed E-state index contributed by atoms with van der Waals surface area (Å²) >= 11 is 0. The van der Waals surface area contributed by atoms with Crippen LogP contribution >= 0.6 is 0 Å². The van der Waals surface area contributed by atoms with E-state index in [-0.39, 0.29) is 11.0 Å². The molecule has 0 bridgehead atoms. The van der Waals surface area contributed by atoms with Crippen molar-refractivity contribution in [2.45, 2.75) is 59.4 Å². The molecular weight excluding hydrogens is 246 g/mol. The van der Waals surface area contributed by atoms with E-state index in [1.54, 1.807) is 7.11 Å². The van der Waals surface area contributed by atoms with Gasteiger partial charge in [0.1, 0.15) is 5.75 Å². The molecule has 2 nitrogen and oxygen atoms in total. The SMILES string of the molecule is CCCC(C)(CNC(C)(C)C)Cc1ccccc1OC. The molecule has 0 saturated carbocycles. The molecule has 1 rings (SSSR count). The summed E-state index contributed by atoms with van der Waals surface area (Å²) in [6.45, 7) is 12.3. The van der Waals surface area contributed by atoms with Gasteiger partial charge < -0.3 is 10.1 Å². The Morgan fingerprint density at radius 1 is 1.10 bits per heavy atom. The van der Waals surface area contributed by atoms with E-state index in [0.29, 0.717) is 0 Å². The molecule has 0 aromatic heterocycles. The number of para-hydroxylation sites is 1.